The van der Waals surface area contributed by atoms with E-state index in [2.05, 4.69) is 25.1 Å². The molecule has 1 heterocycles. The Morgan fingerprint density at radius 1 is 1.00 bits per heavy atom. The molecule has 42 heavy (non-hydrogen) atoms. The highest BCUT2D eigenvalue weighted by Gasteiger charge is 2.33. The molecule has 0 atom stereocenters. The molecule has 1 aromatic heterocycles. The topological polar surface area (TPSA) is 53.1 Å². The average Bonchev–Trinajstić information content (AvgIpc) is 3.36. The molecule has 9 heteroatoms. The Morgan fingerprint density at radius 3 is 2.29 bits per heavy atom. The van der Waals surface area contributed by atoms with Crippen LogP contribution in [-0.2, 0) is 11.3 Å². The van der Waals surface area contributed by atoms with Crippen LogP contribution in [0.2, 0.25) is 5.02 Å². The summed E-state index contributed by atoms with van der Waals surface area (Å²) < 4.78 is 21.1. The average molecular weight is 608 g/mol. The fourth-order valence-electron chi connectivity index (χ4n) is 5.81. The second kappa shape index (κ2) is 12.8. The SMILES string of the molecule is COc1ccc(-c2ccc(N(C)C=O)cc2)cc1CN(C(=O)c1sc2cccc(F)c2c1Cl)[C@H]1CC[C@H](N(C)C)CC1. The minimum absolute atomic E-state index is 0.00588. The third kappa shape index (κ3) is 6.02. The molecule has 0 unspecified atom stereocenters. The van der Waals surface area contributed by atoms with Crippen LogP contribution in [0.15, 0.2) is 60.7 Å². The number of carbonyl (C=O) groups is 2. The first-order valence-electron chi connectivity index (χ1n) is 14.0. The summed E-state index contributed by atoms with van der Waals surface area (Å²) in [4.78, 5) is 31.5. The van der Waals surface area contributed by atoms with Gasteiger partial charge in [-0.1, -0.05) is 35.9 Å². The van der Waals surface area contributed by atoms with Crippen molar-refractivity contribution in [3.63, 3.8) is 0 Å². The van der Waals surface area contributed by atoms with Crippen molar-refractivity contribution in [3.8, 4) is 16.9 Å². The van der Waals surface area contributed by atoms with Crippen LogP contribution in [0.5, 0.6) is 5.75 Å². The van der Waals surface area contributed by atoms with E-state index in [1.165, 1.54) is 22.3 Å². The van der Waals surface area contributed by atoms with E-state index in [9.17, 15) is 14.0 Å². The van der Waals surface area contributed by atoms with Gasteiger partial charge >= 0.3 is 0 Å². The zero-order chi connectivity index (χ0) is 30.0. The summed E-state index contributed by atoms with van der Waals surface area (Å²) >= 11 is 7.92. The van der Waals surface area contributed by atoms with Crippen LogP contribution < -0.4 is 9.64 Å². The molecule has 1 aliphatic rings. The fraction of sp³-hybridized carbons (Fsp3) is 0.333. The number of ether oxygens (including phenoxy) is 1. The van der Waals surface area contributed by atoms with Crippen LogP contribution in [0.3, 0.4) is 0 Å². The van der Waals surface area contributed by atoms with E-state index >= 15 is 0 Å². The van der Waals surface area contributed by atoms with Crippen LogP contribution >= 0.6 is 22.9 Å². The molecule has 3 aromatic carbocycles. The number of benzene rings is 3. The number of fused-ring (bicyclic) bond motifs is 1. The Kier molecular flexibility index (Phi) is 9.16. The van der Waals surface area contributed by atoms with Gasteiger partial charge in [0.1, 0.15) is 16.4 Å². The number of hydrogen-bond donors (Lipinski definition) is 0. The smallest absolute Gasteiger partial charge is 0.266 e. The second-order valence-electron chi connectivity index (χ2n) is 11.0. The number of carbonyl (C=O) groups excluding carboxylic acids is 2. The Labute approximate surface area is 255 Å². The van der Waals surface area contributed by atoms with Crippen LogP contribution in [0.25, 0.3) is 21.2 Å². The van der Waals surface area contributed by atoms with Crippen LogP contribution in [-0.4, -0.2) is 62.5 Å². The van der Waals surface area contributed by atoms with Gasteiger partial charge in [0.25, 0.3) is 5.91 Å². The Morgan fingerprint density at radius 2 is 1.67 bits per heavy atom. The molecule has 5 rings (SSSR count). The van der Waals surface area contributed by atoms with Crippen molar-refractivity contribution in [1.29, 1.82) is 0 Å². The maximum absolute atomic E-state index is 14.7. The highest BCUT2D eigenvalue weighted by atomic mass is 35.5. The van der Waals surface area contributed by atoms with Crippen molar-refractivity contribution in [1.82, 2.24) is 9.80 Å². The first kappa shape index (κ1) is 30.0. The lowest BCUT2D eigenvalue weighted by Crippen LogP contribution is -2.44. The monoisotopic (exact) mass is 607 g/mol. The summed E-state index contributed by atoms with van der Waals surface area (Å²) in [6.07, 6.45) is 4.46. The number of halogens is 2. The van der Waals surface area contributed by atoms with Gasteiger partial charge in [0.05, 0.1) is 12.1 Å². The van der Waals surface area contributed by atoms with Gasteiger partial charge < -0.3 is 19.4 Å². The summed E-state index contributed by atoms with van der Waals surface area (Å²) in [6, 6.07) is 19.0. The van der Waals surface area contributed by atoms with Gasteiger partial charge in [-0.25, -0.2) is 4.39 Å². The molecular formula is C33H35ClFN3O3S. The predicted octanol–water partition coefficient (Wildman–Crippen LogP) is 7.48. The van der Waals surface area contributed by atoms with Crippen molar-refractivity contribution in [2.45, 2.75) is 44.3 Å². The van der Waals surface area contributed by atoms with Gasteiger partial charge in [-0.2, -0.15) is 0 Å². The number of amides is 2. The third-order valence-corrected chi connectivity index (χ3v) is 9.92. The fourth-order valence-corrected chi connectivity index (χ4v) is 7.32. The number of rotatable bonds is 9. The van der Waals surface area contributed by atoms with E-state index in [-0.39, 0.29) is 17.0 Å². The van der Waals surface area contributed by atoms with Gasteiger partial charge in [-0.05, 0) is 87.3 Å². The summed E-state index contributed by atoms with van der Waals surface area (Å²) in [5.41, 5.74) is 3.62. The van der Waals surface area contributed by atoms with Crippen LogP contribution in [0, 0.1) is 5.82 Å². The maximum atomic E-state index is 14.7. The molecule has 6 nitrogen and oxygen atoms in total. The van der Waals surface area contributed by atoms with E-state index in [1.807, 2.05) is 41.3 Å². The number of anilines is 1. The van der Waals surface area contributed by atoms with Crippen molar-refractivity contribution in [2.24, 2.45) is 0 Å². The van der Waals surface area contributed by atoms with E-state index in [0.717, 1.165) is 54.5 Å². The normalized spacial score (nSPS) is 16.9. The largest absolute Gasteiger partial charge is 0.496 e. The van der Waals surface area contributed by atoms with Gasteiger partial charge in [0, 0.05) is 47.0 Å². The molecule has 0 aliphatic heterocycles. The number of thiophene rings is 1. The van der Waals surface area contributed by atoms with E-state index in [1.54, 1.807) is 26.3 Å². The zero-order valence-corrected chi connectivity index (χ0v) is 25.8. The van der Waals surface area contributed by atoms with Crippen molar-refractivity contribution < 1.29 is 18.7 Å². The summed E-state index contributed by atoms with van der Waals surface area (Å²) in [6.45, 7) is 0.326. The minimum Gasteiger partial charge on any atom is -0.496 e. The Hall–Kier alpha value is -3.46. The standard InChI is InChI=1S/C33H35ClFN3O3S/c1-36(2)24-13-15-26(16-14-24)38(33(40)32-31(34)30-27(35)6-5-7-29(30)42-32)19-23-18-22(10-17-28(23)41-4)21-8-11-25(12-9-21)37(3)20-39/h5-12,17-18,20,24,26H,13-16,19H2,1-4H3/t24-,26-. The lowest BCUT2D eigenvalue weighted by Gasteiger charge is -2.39. The van der Waals surface area contributed by atoms with Crippen molar-refractivity contribution in [2.75, 3.05) is 33.2 Å². The molecule has 220 valence electrons. The van der Waals surface area contributed by atoms with Gasteiger partial charge in [0.15, 0.2) is 0 Å². The number of nitrogens with zero attached hydrogens (tertiary/aromatic N) is 3. The quantitative estimate of drug-likeness (QED) is 0.185. The molecule has 1 fully saturated rings. The zero-order valence-electron chi connectivity index (χ0n) is 24.3. The van der Waals surface area contributed by atoms with E-state index in [4.69, 9.17) is 16.3 Å². The summed E-state index contributed by atoms with van der Waals surface area (Å²) in [5, 5.41) is 0.471. The molecule has 0 bridgehead atoms. The van der Waals surface area contributed by atoms with Crippen LogP contribution in [0.1, 0.15) is 40.9 Å². The Bertz CT molecular complexity index is 1580. The Balaban J connectivity index is 1.52. The summed E-state index contributed by atoms with van der Waals surface area (Å²) in [7, 11) is 7.53. The lowest BCUT2D eigenvalue weighted by atomic mass is 9.89. The summed E-state index contributed by atoms with van der Waals surface area (Å²) in [5.74, 6) is 0.0671. The van der Waals surface area contributed by atoms with Crippen molar-refractivity contribution >= 4 is 51.0 Å². The third-order valence-electron chi connectivity index (χ3n) is 8.29. The number of hydrogen-bond acceptors (Lipinski definition) is 5. The molecule has 0 spiro atoms. The molecule has 0 N–H and O–H groups in total. The van der Waals surface area contributed by atoms with E-state index < -0.39 is 5.82 Å². The van der Waals surface area contributed by atoms with Gasteiger partial charge in [0.2, 0.25) is 6.41 Å². The van der Waals surface area contributed by atoms with Gasteiger partial charge in [-0.15, -0.1) is 11.3 Å². The first-order valence-corrected chi connectivity index (χ1v) is 15.2. The molecule has 2 amide bonds. The lowest BCUT2D eigenvalue weighted by molar-refractivity contribution is -0.107. The molecule has 1 aliphatic carbocycles. The molecule has 4 aromatic rings. The first-order chi connectivity index (χ1) is 20.2. The molecule has 0 radical (unpaired) electrons. The molecule has 0 saturated heterocycles. The predicted molar refractivity (Wildman–Crippen MR) is 169 cm³/mol. The van der Waals surface area contributed by atoms with Crippen LogP contribution in [0.4, 0.5) is 10.1 Å². The van der Waals surface area contributed by atoms with Crippen molar-refractivity contribution in [3.05, 3.63) is 81.9 Å². The second-order valence-corrected chi connectivity index (χ2v) is 12.4. The molecular weight excluding hydrogens is 573 g/mol. The molecule has 1 saturated carbocycles. The van der Waals surface area contributed by atoms with Gasteiger partial charge in [-0.3, -0.25) is 9.59 Å². The highest BCUT2D eigenvalue weighted by Crippen LogP contribution is 2.40. The minimum atomic E-state index is -0.425. The highest BCUT2D eigenvalue weighted by molar-refractivity contribution is 7.21. The van der Waals surface area contributed by atoms with E-state index in [0.29, 0.717) is 33.3 Å². The maximum Gasteiger partial charge on any atom is 0.266 e. The number of methoxy groups -OCH3 is 1.